The number of anilines is 1. The van der Waals surface area contributed by atoms with Crippen molar-refractivity contribution >= 4 is 50.2 Å². The minimum absolute atomic E-state index is 0.123. The maximum absolute atomic E-state index is 12.7. The maximum atomic E-state index is 12.7. The van der Waals surface area contributed by atoms with E-state index < -0.39 is 0 Å². The maximum Gasteiger partial charge on any atom is 0.244 e. The predicted molar refractivity (Wildman–Crippen MR) is 118 cm³/mol. The van der Waals surface area contributed by atoms with Gasteiger partial charge in [-0.25, -0.2) is 4.98 Å². The third kappa shape index (κ3) is 4.60. The van der Waals surface area contributed by atoms with Crippen LogP contribution < -0.4 is 10.1 Å². The van der Waals surface area contributed by atoms with Crippen LogP contribution in [0.3, 0.4) is 0 Å². The van der Waals surface area contributed by atoms with E-state index in [-0.39, 0.29) is 19.1 Å². The van der Waals surface area contributed by atoms with Crippen molar-refractivity contribution < 1.29 is 9.53 Å². The lowest BCUT2D eigenvalue weighted by atomic mass is 10.3. The number of halogens is 2. The summed E-state index contributed by atoms with van der Waals surface area (Å²) in [5.41, 5.74) is 2.41. The largest absolute Gasteiger partial charge is 0.484 e. The molecule has 1 amide bonds. The first kappa shape index (κ1) is 19.5. The van der Waals surface area contributed by atoms with Crippen molar-refractivity contribution in [3.8, 4) is 5.75 Å². The molecular formula is C22H17BrClN3O2. The fourth-order valence-electron chi connectivity index (χ4n) is 2.99. The van der Waals surface area contributed by atoms with Gasteiger partial charge in [0.05, 0.1) is 16.1 Å². The van der Waals surface area contributed by atoms with Crippen LogP contribution >= 0.6 is 27.5 Å². The molecule has 0 unspecified atom stereocenters. The second-order valence-corrected chi connectivity index (χ2v) is 7.70. The van der Waals surface area contributed by atoms with E-state index in [9.17, 15) is 4.79 Å². The van der Waals surface area contributed by atoms with Gasteiger partial charge in [-0.2, -0.15) is 0 Å². The Bertz CT molecular complexity index is 1160. The summed E-state index contributed by atoms with van der Waals surface area (Å²) >= 11 is 9.57. The SMILES string of the molecule is O=C(Cn1c(COc2ccccc2Cl)nc2ccccc21)Nc1ccc(Br)cc1. The molecule has 0 saturated carbocycles. The van der Waals surface area contributed by atoms with E-state index in [0.29, 0.717) is 16.6 Å². The summed E-state index contributed by atoms with van der Waals surface area (Å²) < 4.78 is 8.67. The molecule has 1 N–H and O–H groups in total. The molecular weight excluding hydrogens is 454 g/mol. The number of amides is 1. The zero-order valence-corrected chi connectivity index (χ0v) is 17.7. The zero-order valence-electron chi connectivity index (χ0n) is 15.3. The van der Waals surface area contributed by atoms with Crippen LogP contribution in [0.25, 0.3) is 11.0 Å². The Hall–Kier alpha value is -2.83. The van der Waals surface area contributed by atoms with Crippen molar-refractivity contribution in [1.82, 2.24) is 9.55 Å². The molecule has 3 aromatic carbocycles. The van der Waals surface area contributed by atoms with Crippen LogP contribution in [-0.4, -0.2) is 15.5 Å². The summed E-state index contributed by atoms with van der Waals surface area (Å²) in [5.74, 6) is 1.08. The van der Waals surface area contributed by atoms with Crippen LogP contribution in [0.15, 0.2) is 77.3 Å². The highest BCUT2D eigenvalue weighted by molar-refractivity contribution is 9.10. The number of benzene rings is 3. The summed E-state index contributed by atoms with van der Waals surface area (Å²) in [5, 5.41) is 3.44. The van der Waals surface area contributed by atoms with Crippen molar-refractivity contribution in [2.45, 2.75) is 13.2 Å². The quantitative estimate of drug-likeness (QED) is 0.395. The van der Waals surface area contributed by atoms with Crippen LogP contribution in [0.2, 0.25) is 5.02 Å². The Labute approximate surface area is 181 Å². The Kier molecular flexibility index (Phi) is 5.83. The smallest absolute Gasteiger partial charge is 0.244 e. The summed E-state index contributed by atoms with van der Waals surface area (Å²) in [6.07, 6.45) is 0. The highest BCUT2D eigenvalue weighted by Gasteiger charge is 2.15. The van der Waals surface area contributed by atoms with Gasteiger partial charge in [0.1, 0.15) is 24.7 Å². The van der Waals surface area contributed by atoms with Gasteiger partial charge in [0.25, 0.3) is 0 Å². The summed E-state index contributed by atoms with van der Waals surface area (Å²) in [6, 6.07) is 22.4. The minimum atomic E-state index is -0.144. The fourth-order valence-corrected chi connectivity index (χ4v) is 3.45. The zero-order chi connectivity index (χ0) is 20.2. The Morgan fingerprint density at radius 3 is 2.55 bits per heavy atom. The van der Waals surface area contributed by atoms with E-state index >= 15 is 0 Å². The molecule has 0 fully saturated rings. The first-order valence-corrected chi connectivity index (χ1v) is 10.1. The van der Waals surface area contributed by atoms with Crippen molar-refractivity contribution in [3.05, 3.63) is 88.1 Å². The molecule has 0 radical (unpaired) electrons. The average molecular weight is 471 g/mol. The fraction of sp³-hybridized carbons (Fsp3) is 0.0909. The van der Waals surface area contributed by atoms with E-state index in [2.05, 4.69) is 26.2 Å². The van der Waals surface area contributed by atoms with Gasteiger partial charge >= 0.3 is 0 Å². The molecule has 146 valence electrons. The molecule has 1 aromatic heterocycles. The lowest BCUT2D eigenvalue weighted by Crippen LogP contribution is -2.20. The van der Waals surface area contributed by atoms with Crippen LogP contribution in [0.4, 0.5) is 5.69 Å². The van der Waals surface area contributed by atoms with Crippen molar-refractivity contribution in [1.29, 1.82) is 0 Å². The summed E-state index contributed by atoms with van der Waals surface area (Å²) in [7, 11) is 0. The van der Waals surface area contributed by atoms with Gasteiger partial charge in [0, 0.05) is 10.2 Å². The lowest BCUT2D eigenvalue weighted by Gasteiger charge is -2.12. The molecule has 0 bridgehead atoms. The number of hydrogen-bond acceptors (Lipinski definition) is 3. The van der Waals surface area contributed by atoms with E-state index in [1.807, 2.05) is 65.2 Å². The Morgan fingerprint density at radius 1 is 1.03 bits per heavy atom. The molecule has 0 spiro atoms. The molecule has 0 saturated heterocycles. The number of rotatable bonds is 6. The number of hydrogen-bond donors (Lipinski definition) is 1. The number of fused-ring (bicyclic) bond motifs is 1. The van der Waals surface area contributed by atoms with Gasteiger partial charge in [-0.15, -0.1) is 0 Å². The van der Waals surface area contributed by atoms with E-state index in [4.69, 9.17) is 16.3 Å². The standard InChI is InChI=1S/C22H17BrClN3O2/c23-15-9-11-16(12-10-15)25-22(28)13-27-19-7-3-2-6-18(19)26-21(27)14-29-20-8-4-1-5-17(20)24/h1-12H,13-14H2,(H,25,28). The number of imidazole rings is 1. The number of carbonyl (C=O) groups excluding carboxylic acids is 1. The number of para-hydroxylation sites is 3. The first-order valence-electron chi connectivity index (χ1n) is 8.97. The molecule has 0 atom stereocenters. The number of aromatic nitrogens is 2. The third-order valence-corrected chi connectivity index (χ3v) is 5.20. The Morgan fingerprint density at radius 2 is 1.76 bits per heavy atom. The van der Waals surface area contributed by atoms with Crippen LogP contribution in [0, 0.1) is 0 Å². The normalized spacial score (nSPS) is 10.8. The minimum Gasteiger partial charge on any atom is -0.484 e. The molecule has 0 aliphatic rings. The molecule has 4 aromatic rings. The topological polar surface area (TPSA) is 56.2 Å². The van der Waals surface area contributed by atoms with Gasteiger partial charge in [0.2, 0.25) is 5.91 Å². The van der Waals surface area contributed by atoms with E-state index in [0.717, 1.165) is 21.2 Å². The monoisotopic (exact) mass is 469 g/mol. The molecule has 0 aliphatic carbocycles. The molecule has 29 heavy (non-hydrogen) atoms. The van der Waals surface area contributed by atoms with Crippen molar-refractivity contribution in [3.63, 3.8) is 0 Å². The number of nitrogens with one attached hydrogen (secondary N) is 1. The molecule has 0 aliphatic heterocycles. The van der Waals surface area contributed by atoms with Crippen molar-refractivity contribution in [2.24, 2.45) is 0 Å². The molecule has 7 heteroatoms. The van der Waals surface area contributed by atoms with E-state index in [1.165, 1.54) is 0 Å². The number of carbonyl (C=O) groups is 1. The predicted octanol–water partition coefficient (Wildman–Crippen LogP) is 5.67. The van der Waals surface area contributed by atoms with Gasteiger partial charge in [-0.3, -0.25) is 4.79 Å². The molecule has 5 nitrogen and oxygen atoms in total. The highest BCUT2D eigenvalue weighted by atomic mass is 79.9. The van der Waals surface area contributed by atoms with E-state index in [1.54, 1.807) is 12.1 Å². The molecule has 1 heterocycles. The number of ether oxygens (including phenoxy) is 1. The van der Waals surface area contributed by atoms with Crippen LogP contribution in [0.5, 0.6) is 5.75 Å². The summed E-state index contributed by atoms with van der Waals surface area (Å²) in [6.45, 7) is 0.321. The van der Waals surface area contributed by atoms with Gasteiger partial charge in [-0.05, 0) is 48.5 Å². The van der Waals surface area contributed by atoms with Crippen LogP contribution in [-0.2, 0) is 17.9 Å². The van der Waals surface area contributed by atoms with Crippen molar-refractivity contribution in [2.75, 3.05) is 5.32 Å². The second kappa shape index (κ2) is 8.68. The first-order chi connectivity index (χ1) is 14.1. The van der Waals surface area contributed by atoms with Crippen LogP contribution in [0.1, 0.15) is 5.82 Å². The number of nitrogens with zero attached hydrogens (tertiary/aromatic N) is 2. The lowest BCUT2D eigenvalue weighted by molar-refractivity contribution is -0.116. The third-order valence-electron chi connectivity index (χ3n) is 4.36. The van der Waals surface area contributed by atoms with Gasteiger partial charge in [-0.1, -0.05) is 51.8 Å². The van der Waals surface area contributed by atoms with Gasteiger partial charge in [0.15, 0.2) is 0 Å². The second-order valence-electron chi connectivity index (χ2n) is 6.38. The highest BCUT2D eigenvalue weighted by Crippen LogP contribution is 2.25. The average Bonchev–Trinajstić information content (AvgIpc) is 3.06. The molecule has 4 rings (SSSR count). The Balaban J connectivity index is 1.57. The summed E-state index contributed by atoms with van der Waals surface area (Å²) in [4.78, 5) is 17.3. The van der Waals surface area contributed by atoms with Gasteiger partial charge < -0.3 is 14.6 Å².